The Morgan fingerprint density at radius 3 is 2.61 bits per heavy atom. The van der Waals surface area contributed by atoms with Crippen molar-refractivity contribution in [2.45, 2.75) is 31.2 Å². The van der Waals surface area contributed by atoms with E-state index in [2.05, 4.69) is 39.5 Å². The normalized spacial score (nSPS) is 14.7. The van der Waals surface area contributed by atoms with Crippen molar-refractivity contribution in [3.8, 4) is 11.4 Å². The Morgan fingerprint density at radius 1 is 1.12 bits per heavy atom. The summed E-state index contributed by atoms with van der Waals surface area (Å²) in [5.41, 5.74) is 3.81. The van der Waals surface area contributed by atoms with E-state index in [-0.39, 0.29) is 5.91 Å². The van der Waals surface area contributed by atoms with Gasteiger partial charge in [0.25, 0.3) is 0 Å². The lowest BCUT2D eigenvalue weighted by Gasteiger charge is -2.28. The van der Waals surface area contributed by atoms with Crippen molar-refractivity contribution in [3.63, 3.8) is 0 Å². The molecular weight excluding hydrogens is 438 g/mol. The van der Waals surface area contributed by atoms with Crippen LogP contribution in [0.25, 0.3) is 5.69 Å². The van der Waals surface area contributed by atoms with Crippen molar-refractivity contribution >= 4 is 29.3 Å². The van der Waals surface area contributed by atoms with Crippen LogP contribution in [0, 0.1) is 13.8 Å². The van der Waals surface area contributed by atoms with E-state index >= 15 is 0 Å². The quantitative estimate of drug-likeness (QED) is 0.529. The van der Waals surface area contributed by atoms with Crippen LogP contribution in [0.2, 0.25) is 0 Å². The first-order chi connectivity index (χ1) is 16.0. The van der Waals surface area contributed by atoms with Crippen LogP contribution in [-0.2, 0) is 9.53 Å². The number of nitrogens with zero attached hydrogens (tertiary/aromatic N) is 4. The highest BCUT2D eigenvalue weighted by Gasteiger charge is 2.25. The maximum atomic E-state index is 13.0. The molecule has 9 heteroatoms. The van der Waals surface area contributed by atoms with Crippen LogP contribution in [0.4, 0.5) is 11.6 Å². The zero-order valence-corrected chi connectivity index (χ0v) is 20.2. The number of hydrogen-bond acceptors (Lipinski definition) is 7. The van der Waals surface area contributed by atoms with Gasteiger partial charge in [-0.1, -0.05) is 30.0 Å². The topological polar surface area (TPSA) is 81.5 Å². The fourth-order valence-electron chi connectivity index (χ4n) is 3.67. The van der Waals surface area contributed by atoms with Gasteiger partial charge >= 0.3 is 0 Å². The van der Waals surface area contributed by atoms with E-state index in [1.165, 1.54) is 11.8 Å². The highest BCUT2D eigenvalue weighted by atomic mass is 32.2. The molecule has 0 aliphatic carbocycles. The standard InChI is InChI=1S/C24H29N5O3S/c1-16-6-5-7-19(14-16)29-23(28-10-12-32-13-11-28)26-27-24(29)33-18(3)22(30)25-20-15-17(2)8-9-21(20)31-4/h5-9,14-15,18H,10-13H2,1-4H3,(H,25,30). The number of ether oxygens (including phenoxy) is 2. The molecule has 2 heterocycles. The number of amides is 1. The van der Waals surface area contributed by atoms with Crippen molar-refractivity contribution in [1.82, 2.24) is 14.8 Å². The lowest BCUT2D eigenvalue weighted by molar-refractivity contribution is -0.115. The van der Waals surface area contributed by atoms with Gasteiger partial charge in [-0.15, -0.1) is 10.2 Å². The molecule has 1 atom stereocenters. The molecule has 3 aromatic rings. The number of nitrogens with one attached hydrogen (secondary N) is 1. The molecule has 0 spiro atoms. The molecule has 4 rings (SSSR count). The first-order valence-electron chi connectivity index (χ1n) is 10.9. The first-order valence-corrected chi connectivity index (χ1v) is 11.8. The number of rotatable bonds is 7. The van der Waals surface area contributed by atoms with Crippen molar-refractivity contribution in [2.75, 3.05) is 43.6 Å². The number of thioether (sulfide) groups is 1. The average molecular weight is 468 g/mol. The number of hydrogen-bond donors (Lipinski definition) is 1. The fraction of sp³-hybridized carbons (Fsp3) is 0.375. The fourth-order valence-corrected chi connectivity index (χ4v) is 4.53. The van der Waals surface area contributed by atoms with Gasteiger partial charge in [0.15, 0.2) is 5.16 Å². The van der Waals surface area contributed by atoms with Crippen molar-refractivity contribution in [3.05, 3.63) is 53.6 Å². The summed E-state index contributed by atoms with van der Waals surface area (Å²) in [6.07, 6.45) is 0. The summed E-state index contributed by atoms with van der Waals surface area (Å²) < 4.78 is 12.9. The summed E-state index contributed by atoms with van der Waals surface area (Å²) in [6.45, 7) is 8.70. The molecule has 0 bridgehead atoms. The van der Waals surface area contributed by atoms with Crippen LogP contribution in [0.3, 0.4) is 0 Å². The van der Waals surface area contributed by atoms with Gasteiger partial charge in [0.05, 0.1) is 36.9 Å². The van der Waals surface area contributed by atoms with Gasteiger partial charge in [-0.2, -0.15) is 0 Å². The predicted octanol–water partition coefficient (Wildman–Crippen LogP) is 3.85. The second-order valence-electron chi connectivity index (χ2n) is 8.01. The molecule has 1 aliphatic rings. The van der Waals surface area contributed by atoms with Crippen molar-refractivity contribution in [2.24, 2.45) is 0 Å². The largest absolute Gasteiger partial charge is 0.495 e. The minimum atomic E-state index is -0.402. The van der Waals surface area contributed by atoms with Crippen LogP contribution < -0.4 is 15.0 Å². The first kappa shape index (κ1) is 23.1. The van der Waals surface area contributed by atoms with E-state index in [1.54, 1.807) is 7.11 Å². The number of aryl methyl sites for hydroxylation is 2. The van der Waals surface area contributed by atoms with Gasteiger partial charge in [-0.25, -0.2) is 0 Å². The number of anilines is 2. The minimum Gasteiger partial charge on any atom is -0.495 e. The number of morpholine rings is 1. The van der Waals surface area contributed by atoms with Gasteiger partial charge in [0.2, 0.25) is 11.9 Å². The maximum absolute atomic E-state index is 13.0. The summed E-state index contributed by atoms with van der Waals surface area (Å²) in [4.78, 5) is 15.2. The molecule has 2 aromatic carbocycles. The summed E-state index contributed by atoms with van der Waals surface area (Å²) >= 11 is 1.38. The Labute approximate surface area is 198 Å². The van der Waals surface area contributed by atoms with E-state index in [0.29, 0.717) is 29.8 Å². The smallest absolute Gasteiger partial charge is 0.237 e. The third-order valence-electron chi connectivity index (χ3n) is 5.43. The SMILES string of the molecule is COc1ccc(C)cc1NC(=O)C(C)Sc1nnc(N2CCOCC2)n1-c1cccc(C)c1. The molecular formula is C24H29N5O3S. The Hall–Kier alpha value is -3.04. The van der Waals surface area contributed by atoms with Gasteiger partial charge in [-0.3, -0.25) is 9.36 Å². The van der Waals surface area contributed by atoms with Crippen molar-refractivity contribution < 1.29 is 14.3 Å². The number of methoxy groups -OCH3 is 1. The third-order valence-corrected chi connectivity index (χ3v) is 6.48. The maximum Gasteiger partial charge on any atom is 0.237 e. The van der Waals surface area contributed by atoms with Crippen LogP contribution in [0.15, 0.2) is 47.6 Å². The molecule has 1 fully saturated rings. The number of carbonyl (C=O) groups excluding carboxylic acids is 1. The van der Waals surface area contributed by atoms with Crippen LogP contribution >= 0.6 is 11.8 Å². The third kappa shape index (κ3) is 5.31. The number of aromatic nitrogens is 3. The second kappa shape index (κ2) is 10.3. The molecule has 0 radical (unpaired) electrons. The molecule has 1 saturated heterocycles. The Kier molecular flexibility index (Phi) is 7.20. The Morgan fingerprint density at radius 2 is 1.88 bits per heavy atom. The van der Waals surface area contributed by atoms with Crippen molar-refractivity contribution in [1.29, 1.82) is 0 Å². The molecule has 1 N–H and O–H groups in total. The van der Waals surface area contributed by atoms with E-state index < -0.39 is 5.25 Å². The zero-order valence-electron chi connectivity index (χ0n) is 19.4. The molecule has 1 aromatic heterocycles. The van der Waals surface area contributed by atoms with E-state index in [0.717, 1.165) is 35.9 Å². The van der Waals surface area contributed by atoms with E-state index in [9.17, 15) is 4.79 Å². The average Bonchev–Trinajstić information content (AvgIpc) is 3.23. The van der Waals surface area contributed by atoms with E-state index in [1.807, 2.05) is 48.7 Å². The molecule has 174 valence electrons. The van der Waals surface area contributed by atoms with Crippen LogP contribution in [0.5, 0.6) is 5.75 Å². The van der Waals surface area contributed by atoms with E-state index in [4.69, 9.17) is 9.47 Å². The summed E-state index contributed by atoms with van der Waals surface area (Å²) in [7, 11) is 1.59. The zero-order chi connectivity index (χ0) is 23.4. The Bertz CT molecular complexity index is 1130. The van der Waals surface area contributed by atoms with Gasteiger partial charge in [0, 0.05) is 13.1 Å². The van der Waals surface area contributed by atoms with Crippen LogP contribution in [0.1, 0.15) is 18.1 Å². The summed E-state index contributed by atoms with van der Waals surface area (Å²) in [6, 6.07) is 13.9. The molecule has 33 heavy (non-hydrogen) atoms. The minimum absolute atomic E-state index is 0.129. The highest BCUT2D eigenvalue weighted by molar-refractivity contribution is 8.00. The molecule has 1 amide bonds. The van der Waals surface area contributed by atoms with Gasteiger partial charge in [0.1, 0.15) is 5.75 Å². The summed E-state index contributed by atoms with van der Waals surface area (Å²) in [5.74, 6) is 1.26. The highest BCUT2D eigenvalue weighted by Crippen LogP contribution is 2.31. The number of carbonyl (C=O) groups is 1. The van der Waals surface area contributed by atoms with Gasteiger partial charge < -0.3 is 19.7 Å². The number of benzene rings is 2. The molecule has 0 saturated carbocycles. The second-order valence-corrected chi connectivity index (χ2v) is 9.32. The molecule has 8 nitrogen and oxygen atoms in total. The Balaban J connectivity index is 1.60. The molecule has 1 aliphatic heterocycles. The molecule has 1 unspecified atom stereocenters. The monoisotopic (exact) mass is 467 g/mol. The summed E-state index contributed by atoms with van der Waals surface area (Å²) in [5, 5.41) is 12.2. The van der Waals surface area contributed by atoms with Gasteiger partial charge in [-0.05, 0) is 56.2 Å². The predicted molar refractivity (Wildman–Crippen MR) is 131 cm³/mol. The lowest BCUT2D eigenvalue weighted by Crippen LogP contribution is -2.38. The van der Waals surface area contributed by atoms with Crippen LogP contribution in [-0.4, -0.2) is 59.3 Å². The lowest BCUT2D eigenvalue weighted by atomic mass is 10.2.